The van der Waals surface area contributed by atoms with Crippen molar-refractivity contribution in [3.05, 3.63) is 34.9 Å². The van der Waals surface area contributed by atoms with Crippen molar-refractivity contribution in [3.63, 3.8) is 0 Å². The summed E-state index contributed by atoms with van der Waals surface area (Å²) in [5.74, 6) is 0. The van der Waals surface area contributed by atoms with Crippen LogP contribution in [0.3, 0.4) is 0 Å². The number of hydrogen-bond donors (Lipinski definition) is 1. The van der Waals surface area contributed by atoms with Crippen LogP contribution in [0.5, 0.6) is 0 Å². The van der Waals surface area contributed by atoms with Gasteiger partial charge >= 0.3 is 0 Å². The molecule has 0 bridgehead atoms. The summed E-state index contributed by atoms with van der Waals surface area (Å²) < 4.78 is 0. The Morgan fingerprint density at radius 1 is 1.21 bits per heavy atom. The fraction of sp³-hybridized carbons (Fsp3) is 0.364. The third-order valence-electron chi connectivity index (χ3n) is 1.48. The predicted molar refractivity (Wildman–Crippen MR) is 61.9 cm³/mol. The van der Waals surface area contributed by atoms with Gasteiger partial charge in [0.25, 0.3) is 0 Å². The quantitative estimate of drug-likeness (QED) is 0.589. The van der Waals surface area contributed by atoms with Crippen molar-refractivity contribution in [2.45, 2.75) is 26.3 Å². The normalized spacial score (nSPS) is 12.0. The maximum atomic E-state index is 5.76. The molecule has 0 radical (unpaired) electrons. The highest BCUT2D eigenvalue weighted by Crippen LogP contribution is 2.07. The van der Waals surface area contributed by atoms with Gasteiger partial charge in [-0.05, 0) is 38.5 Å². The molecule has 1 aromatic rings. The second-order valence-corrected chi connectivity index (χ2v) is 4.61. The lowest BCUT2D eigenvalue weighted by atomic mass is 10.1. The molecule has 1 rings (SSSR count). The smallest absolute Gasteiger partial charge is 0.0540 e. The lowest BCUT2D eigenvalue weighted by Gasteiger charge is -2.16. The van der Waals surface area contributed by atoms with Crippen LogP contribution in [0.15, 0.2) is 29.4 Å². The van der Waals surface area contributed by atoms with E-state index in [1.807, 2.05) is 24.3 Å². The minimum Gasteiger partial charge on any atom is -0.305 e. The zero-order chi connectivity index (χ0) is 10.6. The van der Waals surface area contributed by atoms with Gasteiger partial charge in [0.15, 0.2) is 0 Å². The third-order valence-corrected chi connectivity index (χ3v) is 1.74. The summed E-state index contributed by atoms with van der Waals surface area (Å²) in [6, 6.07) is 7.55. The van der Waals surface area contributed by atoms with Crippen molar-refractivity contribution in [2.24, 2.45) is 5.10 Å². The van der Waals surface area contributed by atoms with Crippen LogP contribution in [-0.2, 0) is 0 Å². The first-order valence-corrected chi connectivity index (χ1v) is 4.91. The van der Waals surface area contributed by atoms with Crippen LogP contribution in [0, 0.1) is 0 Å². The first-order chi connectivity index (χ1) is 6.47. The number of nitrogens with zero attached hydrogens (tertiary/aromatic N) is 1. The fourth-order valence-corrected chi connectivity index (χ4v) is 0.975. The molecule has 0 fully saturated rings. The number of benzene rings is 1. The molecule has 0 spiro atoms. The molecule has 0 atom stereocenters. The Morgan fingerprint density at radius 3 is 2.29 bits per heavy atom. The first kappa shape index (κ1) is 11.1. The van der Waals surface area contributed by atoms with Gasteiger partial charge < -0.3 is 5.43 Å². The highest BCUT2D eigenvalue weighted by atomic mass is 35.5. The number of hydrogen-bond acceptors (Lipinski definition) is 2. The van der Waals surface area contributed by atoms with Crippen molar-refractivity contribution in [2.75, 3.05) is 0 Å². The average Bonchev–Trinajstić information content (AvgIpc) is 2.06. The third kappa shape index (κ3) is 4.28. The summed E-state index contributed by atoms with van der Waals surface area (Å²) in [5, 5.41) is 4.87. The standard InChI is InChI=1S/C11H15ClN2/c1-11(2,3)14-13-8-9-4-6-10(12)7-5-9/h4-8,14H,1-3H3/b13-8+. The van der Waals surface area contributed by atoms with Crippen LogP contribution in [-0.4, -0.2) is 11.8 Å². The molecule has 0 aliphatic carbocycles. The van der Waals surface area contributed by atoms with Crippen LogP contribution >= 0.6 is 11.6 Å². The van der Waals surface area contributed by atoms with E-state index in [0.29, 0.717) is 0 Å². The van der Waals surface area contributed by atoms with E-state index in [-0.39, 0.29) is 5.54 Å². The molecule has 14 heavy (non-hydrogen) atoms. The zero-order valence-electron chi connectivity index (χ0n) is 8.71. The molecule has 2 nitrogen and oxygen atoms in total. The Kier molecular flexibility index (Phi) is 3.53. The summed E-state index contributed by atoms with van der Waals surface area (Å²) >= 11 is 5.76. The molecule has 1 aromatic carbocycles. The molecule has 1 N–H and O–H groups in total. The minimum absolute atomic E-state index is 0.00290. The highest BCUT2D eigenvalue weighted by molar-refractivity contribution is 6.30. The Balaban J connectivity index is 2.57. The summed E-state index contributed by atoms with van der Waals surface area (Å²) in [4.78, 5) is 0. The molecule has 76 valence electrons. The van der Waals surface area contributed by atoms with Crippen LogP contribution in [0.2, 0.25) is 5.02 Å². The second kappa shape index (κ2) is 4.47. The van der Waals surface area contributed by atoms with E-state index >= 15 is 0 Å². The molecule has 0 aromatic heterocycles. The lowest BCUT2D eigenvalue weighted by Crippen LogP contribution is -2.31. The van der Waals surface area contributed by atoms with E-state index in [1.165, 1.54) is 0 Å². The lowest BCUT2D eigenvalue weighted by molar-refractivity contribution is 0.442. The maximum absolute atomic E-state index is 5.76. The molecular weight excluding hydrogens is 196 g/mol. The van der Waals surface area contributed by atoms with Gasteiger partial charge in [-0.2, -0.15) is 5.10 Å². The molecular formula is C11H15ClN2. The van der Waals surface area contributed by atoms with Gasteiger partial charge in [0.05, 0.1) is 6.21 Å². The Bertz CT molecular complexity index is 309. The predicted octanol–water partition coefficient (Wildman–Crippen LogP) is 3.06. The number of rotatable bonds is 2. The monoisotopic (exact) mass is 210 g/mol. The summed E-state index contributed by atoms with van der Waals surface area (Å²) in [7, 11) is 0. The largest absolute Gasteiger partial charge is 0.305 e. The van der Waals surface area contributed by atoms with Gasteiger partial charge in [-0.15, -0.1) is 0 Å². The molecule has 3 heteroatoms. The number of halogens is 1. The van der Waals surface area contributed by atoms with E-state index in [0.717, 1.165) is 10.6 Å². The Hall–Kier alpha value is -1.02. The molecule has 0 unspecified atom stereocenters. The summed E-state index contributed by atoms with van der Waals surface area (Å²) in [5.41, 5.74) is 4.06. The summed E-state index contributed by atoms with van der Waals surface area (Å²) in [6.45, 7) is 6.19. The van der Waals surface area contributed by atoms with Gasteiger partial charge in [-0.25, -0.2) is 0 Å². The molecule has 0 saturated heterocycles. The summed E-state index contributed by atoms with van der Waals surface area (Å²) in [6.07, 6.45) is 1.78. The molecule has 0 aliphatic heterocycles. The van der Waals surface area contributed by atoms with E-state index in [1.54, 1.807) is 6.21 Å². The van der Waals surface area contributed by atoms with Crippen LogP contribution < -0.4 is 5.43 Å². The first-order valence-electron chi connectivity index (χ1n) is 4.53. The Labute approximate surface area is 90.0 Å². The number of nitrogens with one attached hydrogen (secondary N) is 1. The van der Waals surface area contributed by atoms with Gasteiger partial charge in [-0.3, -0.25) is 0 Å². The van der Waals surface area contributed by atoms with Crippen molar-refractivity contribution < 1.29 is 0 Å². The van der Waals surface area contributed by atoms with E-state index in [2.05, 4.69) is 31.3 Å². The van der Waals surface area contributed by atoms with Gasteiger partial charge in [-0.1, -0.05) is 23.7 Å². The van der Waals surface area contributed by atoms with Crippen LogP contribution in [0.4, 0.5) is 0 Å². The topological polar surface area (TPSA) is 24.4 Å². The van der Waals surface area contributed by atoms with Crippen molar-refractivity contribution >= 4 is 17.8 Å². The van der Waals surface area contributed by atoms with E-state index in [9.17, 15) is 0 Å². The SMILES string of the molecule is CC(C)(C)N/N=C/c1ccc(Cl)cc1. The Morgan fingerprint density at radius 2 is 1.79 bits per heavy atom. The fourth-order valence-electron chi connectivity index (χ4n) is 0.849. The van der Waals surface area contributed by atoms with Crippen molar-refractivity contribution in [1.29, 1.82) is 0 Å². The second-order valence-electron chi connectivity index (χ2n) is 4.17. The van der Waals surface area contributed by atoms with Gasteiger partial charge in [0, 0.05) is 10.6 Å². The maximum Gasteiger partial charge on any atom is 0.0540 e. The van der Waals surface area contributed by atoms with Gasteiger partial charge in [0.1, 0.15) is 0 Å². The molecule has 0 heterocycles. The highest BCUT2D eigenvalue weighted by Gasteiger charge is 2.05. The minimum atomic E-state index is 0.00290. The molecule has 0 saturated carbocycles. The van der Waals surface area contributed by atoms with Crippen LogP contribution in [0.1, 0.15) is 26.3 Å². The molecule has 0 aliphatic rings. The number of hydrazone groups is 1. The zero-order valence-corrected chi connectivity index (χ0v) is 9.47. The van der Waals surface area contributed by atoms with E-state index < -0.39 is 0 Å². The average molecular weight is 211 g/mol. The van der Waals surface area contributed by atoms with Crippen LogP contribution in [0.25, 0.3) is 0 Å². The van der Waals surface area contributed by atoms with E-state index in [4.69, 9.17) is 11.6 Å². The molecule has 0 amide bonds. The van der Waals surface area contributed by atoms with Crippen molar-refractivity contribution in [1.82, 2.24) is 5.43 Å². The van der Waals surface area contributed by atoms with Crippen molar-refractivity contribution in [3.8, 4) is 0 Å². The van der Waals surface area contributed by atoms with Gasteiger partial charge in [0.2, 0.25) is 0 Å².